The molecule has 1 aromatic heterocycles. The Hall–Kier alpha value is -3.57. The van der Waals surface area contributed by atoms with E-state index >= 15 is 0 Å². The number of fused-ring (bicyclic) bond motifs is 1. The molecule has 0 amide bonds. The van der Waals surface area contributed by atoms with Gasteiger partial charge in [-0.3, -0.25) is 4.79 Å². The standard InChI is InChI=1S/C28H29NO4/c1-3-29-18-20-8-7-10-22(14-20)25-16-21(15-24-12-13-32-28(24)25)19-33-26-11-6-5-9-23(26)17-27(30)31-4-2/h5-16,29H,3-4,17-19H2,1-2H3. The number of benzene rings is 3. The maximum atomic E-state index is 12.0. The highest BCUT2D eigenvalue weighted by Crippen LogP contribution is 2.32. The van der Waals surface area contributed by atoms with Gasteiger partial charge in [0.2, 0.25) is 0 Å². The molecule has 0 radical (unpaired) electrons. The molecule has 1 N–H and O–H groups in total. The van der Waals surface area contributed by atoms with Crippen molar-refractivity contribution in [2.24, 2.45) is 0 Å². The van der Waals surface area contributed by atoms with Gasteiger partial charge in [-0.15, -0.1) is 0 Å². The lowest BCUT2D eigenvalue weighted by molar-refractivity contribution is -0.142. The molecule has 0 aliphatic rings. The monoisotopic (exact) mass is 443 g/mol. The molecule has 0 aliphatic carbocycles. The minimum atomic E-state index is -0.256. The predicted molar refractivity (Wildman–Crippen MR) is 130 cm³/mol. The second kappa shape index (κ2) is 10.8. The van der Waals surface area contributed by atoms with Crippen LogP contribution in [0.2, 0.25) is 0 Å². The Kier molecular flexibility index (Phi) is 7.43. The molecule has 0 atom stereocenters. The van der Waals surface area contributed by atoms with Crippen molar-refractivity contribution in [3.8, 4) is 16.9 Å². The molecule has 3 aromatic carbocycles. The number of hydrogen-bond acceptors (Lipinski definition) is 5. The first-order valence-electron chi connectivity index (χ1n) is 11.3. The Bertz CT molecular complexity index is 1230. The second-order valence-corrected chi connectivity index (χ2v) is 7.84. The zero-order chi connectivity index (χ0) is 23.0. The SMILES string of the molecule is CCNCc1cccc(-c2cc(COc3ccccc3CC(=O)OCC)cc3ccoc23)c1. The molecule has 4 rings (SSSR count). The fraction of sp³-hybridized carbons (Fsp3) is 0.250. The summed E-state index contributed by atoms with van der Waals surface area (Å²) in [5.41, 5.74) is 6.08. The summed E-state index contributed by atoms with van der Waals surface area (Å²) in [5, 5.41) is 4.41. The molecule has 4 aromatic rings. The number of rotatable bonds is 10. The van der Waals surface area contributed by atoms with Gasteiger partial charge in [0.25, 0.3) is 0 Å². The summed E-state index contributed by atoms with van der Waals surface area (Å²) in [5.74, 6) is 0.431. The number of ether oxygens (including phenoxy) is 2. The number of furan rings is 1. The lowest BCUT2D eigenvalue weighted by atomic mass is 9.99. The van der Waals surface area contributed by atoms with Crippen LogP contribution < -0.4 is 10.1 Å². The Morgan fingerprint density at radius 3 is 2.70 bits per heavy atom. The Morgan fingerprint density at radius 1 is 0.970 bits per heavy atom. The van der Waals surface area contributed by atoms with Gasteiger partial charge in [0, 0.05) is 23.1 Å². The third kappa shape index (κ3) is 5.62. The molecular weight excluding hydrogens is 414 g/mol. The van der Waals surface area contributed by atoms with Crippen molar-refractivity contribution in [3.05, 3.63) is 89.7 Å². The summed E-state index contributed by atoms with van der Waals surface area (Å²) in [6.45, 7) is 6.41. The van der Waals surface area contributed by atoms with Crippen molar-refractivity contribution in [1.82, 2.24) is 5.32 Å². The zero-order valence-corrected chi connectivity index (χ0v) is 19.1. The van der Waals surface area contributed by atoms with Crippen molar-refractivity contribution in [1.29, 1.82) is 0 Å². The molecule has 0 fully saturated rings. The van der Waals surface area contributed by atoms with Gasteiger partial charge in [-0.2, -0.15) is 0 Å². The summed E-state index contributed by atoms with van der Waals surface area (Å²) in [6, 6.07) is 22.3. The topological polar surface area (TPSA) is 60.7 Å². The molecule has 33 heavy (non-hydrogen) atoms. The maximum Gasteiger partial charge on any atom is 0.310 e. The van der Waals surface area contributed by atoms with E-state index in [-0.39, 0.29) is 12.4 Å². The highest BCUT2D eigenvalue weighted by Gasteiger charge is 2.13. The summed E-state index contributed by atoms with van der Waals surface area (Å²) in [6.07, 6.45) is 1.91. The number of carbonyl (C=O) groups is 1. The summed E-state index contributed by atoms with van der Waals surface area (Å²) in [7, 11) is 0. The summed E-state index contributed by atoms with van der Waals surface area (Å²) >= 11 is 0. The zero-order valence-electron chi connectivity index (χ0n) is 19.1. The van der Waals surface area contributed by atoms with E-state index in [0.717, 1.165) is 46.3 Å². The lowest BCUT2D eigenvalue weighted by Gasteiger charge is -2.13. The molecule has 0 unspecified atom stereocenters. The molecule has 1 heterocycles. The van der Waals surface area contributed by atoms with E-state index < -0.39 is 0 Å². The van der Waals surface area contributed by atoms with Crippen molar-refractivity contribution in [2.75, 3.05) is 13.2 Å². The van der Waals surface area contributed by atoms with E-state index in [2.05, 4.69) is 48.6 Å². The highest BCUT2D eigenvalue weighted by atomic mass is 16.5. The Labute approximate surface area is 194 Å². The normalized spacial score (nSPS) is 11.0. The average Bonchev–Trinajstić information content (AvgIpc) is 3.31. The van der Waals surface area contributed by atoms with Crippen molar-refractivity contribution < 1.29 is 18.7 Å². The first-order valence-corrected chi connectivity index (χ1v) is 11.3. The molecule has 5 nitrogen and oxygen atoms in total. The Morgan fingerprint density at radius 2 is 1.85 bits per heavy atom. The van der Waals surface area contributed by atoms with Gasteiger partial charge >= 0.3 is 5.97 Å². The molecule has 0 saturated heterocycles. The first-order chi connectivity index (χ1) is 16.2. The maximum absolute atomic E-state index is 12.0. The minimum Gasteiger partial charge on any atom is -0.489 e. The van der Waals surface area contributed by atoms with Gasteiger partial charge in [0.05, 0.1) is 19.3 Å². The van der Waals surface area contributed by atoms with E-state index in [1.807, 2.05) is 30.3 Å². The summed E-state index contributed by atoms with van der Waals surface area (Å²) < 4.78 is 17.1. The van der Waals surface area contributed by atoms with E-state index in [4.69, 9.17) is 13.9 Å². The van der Waals surface area contributed by atoms with Crippen molar-refractivity contribution >= 4 is 16.9 Å². The highest BCUT2D eigenvalue weighted by molar-refractivity contribution is 5.93. The average molecular weight is 444 g/mol. The number of carbonyl (C=O) groups excluding carboxylic acids is 1. The molecule has 0 bridgehead atoms. The van der Waals surface area contributed by atoms with E-state index in [0.29, 0.717) is 19.0 Å². The molecular formula is C28H29NO4. The van der Waals surface area contributed by atoms with Crippen LogP contribution in [0.15, 0.2) is 77.4 Å². The second-order valence-electron chi connectivity index (χ2n) is 7.84. The van der Waals surface area contributed by atoms with Crippen molar-refractivity contribution in [3.63, 3.8) is 0 Å². The summed E-state index contributed by atoms with van der Waals surface area (Å²) in [4.78, 5) is 12.0. The van der Waals surface area contributed by atoms with Crippen LogP contribution in [-0.2, 0) is 29.1 Å². The third-order valence-corrected chi connectivity index (χ3v) is 5.44. The molecule has 0 spiro atoms. The van der Waals surface area contributed by atoms with Crippen LogP contribution in [-0.4, -0.2) is 19.1 Å². The van der Waals surface area contributed by atoms with Gasteiger partial charge in [0.1, 0.15) is 17.9 Å². The van der Waals surface area contributed by atoms with Crippen molar-refractivity contribution in [2.45, 2.75) is 33.4 Å². The smallest absolute Gasteiger partial charge is 0.310 e. The van der Waals surface area contributed by atoms with Gasteiger partial charge in [-0.05, 0) is 60.5 Å². The lowest BCUT2D eigenvalue weighted by Crippen LogP contribution is -2.11. The van der Waals surface area contributed by atoms with Crippen LogP contribution in [0.5, 0.6) is 5.75 Å². The van der Waals surface area contributed by atoms with Crippen LogP contribution in [0.3, 0.4) is 0 Å². The first kappa shape index (κ1) is 22.6. The van der Waals surface area contributed by atoms with Gasteiger partial charge in [-0.25, -0.2) is 0 Å². The molecule has 0 saturated carbocycles. The quantitative estimate of drug-likeness (QED) is 0.310. The van der Waals surface area contributed by atoms with E-state index in [1.165, 1.54) is 5.56 Å². The van der Waals surface area contributed by atoms with E-state index in [1.54, 1.807) is 13.2 Å². The van der Waals surface area contributed by atoms with Gasteiger partial charge < -0.3 is 19.2 Å². The van der Waals surface area contributed by atoms with E-state index in [9.17, 15) is 4.79 Å². The van der Waals surface area contributed by atoms with Gasteiger partial charge in [-0.1, -0.05) is 43.3 Å². The van der Waals surface area contributed by atoms with Crippen LogP contribution in [0.25, 0.3) is 22.1 Å². The number of hydrogen-bond donors (Lipinski definition) is 1. The third-order valence-electron chi connectivity index (χ3n) is 5.44. The molecule has 170 valence electrons. The fourth-order valence-corrected chi connectivity index (χ4v) is 3.88. The predicted octanol–water partition coefficient (Wildman–Crippen LogP) is 5.89. The Balaban J connectivity index is 1.59. The van der Waals surface area contributed by atoms with Crippen LogP contribution in [0, 0.1) is 0 Å². The van der Waals surface area contributed by atoms with Crippen LogP contribution in [0.1, 0.15) is 30.5 Å². The largest absolute Gasteiger partial charge is 0.489 e. The molecule has 5 heteroatoms. The fourth-order valence-electron chi connectivity index (χ4n) is 3.88. The minimum absolute atomic E-state index is 0.189. The van der Waals surface area contributed by atoms with Gasteiger partial charge in [0.15, 0.2) is 0 Å². The van der Waals surface area contributed by atoms with Crippen LogP contribution in [0.4, 0.5) is 0 Å². The number of esters is 1. The van der Waals surface area contributed by atoms with Crippen LogP contribution >= 0.6 is 0 Å². The number of nitrogens with one attached hydrogen (secondary N) is 1. The molecule has 0 aliphatic heterocycles. The number of para-hydroxylation sites is 1.